The second kappa shape index (κ2) is 4.92. The summed E-state index contributed by atoms with van der Waals surface area (Å²) in [7, 11) is -3.15. The maximum atomic E-state index is 12.9. The van der Waals surface area contributed by atoms with Gasteiger partial charge in [0, 0.05) is 13.1 Å². The summed E-state index contributed by atoms with van der Waals surface area (Å²) in [4.78, 5) is 0. The summed E-state index contributed by atoms with van der Waals surface area (Å²) in [6.07, 6.45) is 0. The van der Waals surface area contributed by atoms with Crippen LogP contribution in [-0.4, -0.2) is 27.3 Å². The van der Waals surface area contributed by atoms with Gasteiger partial charge in [0.05, 0.1) is 16.5 Å². The zero-order chi connectivity index (χ0) is 12.5. The molecule has 0 spiro atoms. The molecule has 1 aromatic rings. The van der Waals surface area contributed by atoms with Crippen LogP contribution in [0.15, 0.2) is 18.2 Å². The lowest BCUT2D eigenvalue weighted by atomic mass is 10.1. The van der Waals surface area contributed by atoms with Crippen LogP contribution in [0.25, 0.3) is 0 Å². The lowest BCUT2D eigenvalue weighted by Gasteiger charge is -2.26. The van der Waals surface area contributed by atoms with Crippen LogP contribution in [0.1, 0.15) is 5.56 Å². The van der Waals surface area contributed by atoms with E-state index in [1.165, 1.54) is 18.2 Å². The Morgan fingerprint density at radius 3 is 2.65 bits per heavy atom. The smallest absolute Gasteiger partial charge is 0.154 e. The van der Waals surface area contributed by atoms with Gasteiger partial charge in [0.15, 0.2) is 9.84 Å². The van der Waals surface area contributed by atoms with Gasteiger partial charge in [0.25, 0.3) is 0 Å². The number of halogens is 2. The van der Waals surface area contributed by atoms with Gasteiger partial charge in [-0.2, -0.15) is 0 Å². The minimum Gasteiger partial charge on any atom is -0.316 e. The summed E-state index contributed by atoms with van der Waals surface area (Å²) in [5, 5.41) is 2.99. The zero-order valence-electron chi connectivity index (χ0n) is 9.12. The average molecular weight is 278 g/mol. The van der Waals surface area contributed by atoms with E-state index in [2.05, 4.69) is 5.32 Å². The quantitative estimate of drug-likeness (QED) is 0.910. The van der Waals surface area contributed by atoms with Gasteiger partial charge < -0.3 is 5.32 Å². The summed E-state index contributed by atoms with van der Waals surface area (Å²) in [5.41, 5.74) is 0.531. The highest BCUT2D eigenvalue weighted by Gasteiger charge is 2.24. The Morgan fingerprint density at radius 2 is 2.12 bits per heavy atom. The highest BCUT2D eigenvalue weighted by Crippen LogP contribution is 2.19. The Hall–Kier alpha value is -0.650. The SMILES string of the molecule is O=S(=O)(Cc1ccc(F)c(Cl)c1)CC1CNC1. The number of sulfone groups is 1. The summed E-state index contributed by atoms with van der Waals surface area (Å²) in [6, 6.07) is 4.02. The van der Waals surface area contributed by atoms with Crippen molar-refractivity contribution in [1.82, 2.24) is 5.32 Å². The number of nitrogens with one attached hydrogen (secondary N) is 1. The molecule has 0 atom stereocenters. The first-order valence-electron chi connectivity index (χ1n) is 5.31. The molecule has 0 unspecified atom stereocenters. The van der Waals surface area contributed by atoms with Crippen molar-refractivity contribution in [2.75, 3.05) is 18.8 Å². The van der Waals surface area contributed by atoms with Crippen LogP contribution >= 0.6 is 11.6 Å². The normalized spacial score (nSPS) is 16.8. The van der Waals surface area contributed by atoms with Crippen molar-refractivity contribution >= 4 is 21.4 Å². The van der Waals surface area contributed by atoms with E-state index in [1.54, 1.807) is 0 Å². The molecule has 17 heavy (non-hydrogen) atoms. The van der Waals surface area contributed by atoms with Gasteiger partial charge in [-0.25, -0.2) is 12.8 Å². The summed E-state index contributed by atoms with van der Waals surface area (Å²) < 4.78 is 36.6. The summed E-state index contributed by atoms with van der Waals surface area (Å²) >= 11 is 5.61. The van der Waals surface area contributed by atoms with Crippen LogP contribution in [0.2, 0.25) is 5.02 Å². The van der Waals surface area contributed by atoms with Gasteiger partial charge in [-0.3, -0.25) is 0 Å². The Bertz CT molecular complexity index is 514. The maximum Gasteiger partial charge on any atom is 0.154 e. The van der Waals surface area contributed by atoms with Gasteiger partial charge in [-0.15, -0.1) is 0 Å². The highest BCUT2D eigenvalue weighted by molar-refractivity contribution is 7.90. The van der Waals surface area contributed by atoms with Crippen molar-refractivity contribution < 1.29 is 12.8 Å². The van der Waals surface area contributed by atoms with Crippen LogP contribution in [0.5, 0.6) is 0 Å². The minimum absolute atomic E-state index is 0.0389. The predicted octanol–water partition coefficient (Wildman–Crippen LogP) is 1.61. The monoisotopic (exact) mass is 277 g/mol. The van der Waals surface area contributed by atoms with Crippen molar-refractivity contribution in [2.45, 2.75) is 5.75 Å². The topological polar surface area (TPSA) is 46.2 Å². The van der Waals surface area contributed by atoms with Crippen LogP contribution in [0.3, 0.4) is 0 Å². The molecule has 1 aromatic carbocycles. The second-order valence-electron chi connectivity index (χ2n) is 4.33. The molecule has 0 saturated carbocycles. The number of hydrogen-bond donors (Lipinski definition) is 1. The van der Waals surface area contributed by atoms with E-state index < -0.39 is 15.7 Å². The van der Waals surface area contributed by atoms with Crippen LogP contribution in [-0.2, 0) is 15.6 Å². The minimum atomic E-state index is -3.15. The fourth-order valence-corrected chi connectivity index (χ4v) is 3.73. The third kappa shape index (κ3) is 3.40. The van der Waals surface area contributed by atoms with E-state index in [0.717, 1.165) is 13.1 Å². The molecule has 0 aliphatic carbocycles. The van der Waals surface area contributed by atoms with Crippen molar-refractivity contribution in [3.05, 3.63) is 34.6 Å². The van der Waals surface area contributed by atoms with Crippen molar-refractivity contribution in [1.29, 1.82) is 0 Å². The fraction of sp³-hybridized carbons (Fsp3) is 0.455. The summed E-state index contributed by atoms with van der Waals surface area (Å²) in [6.45, 7) is 1.51. The molecule has 6 heteroatoms. The average Bonchev–Trinajstić information content (AvgIpc) is 2.18. The molecule has 3 nitrogen and oxygen atoms in total. The number of benzene rings is 1. The maximum absolute atomic E-state index is 12.9. The molecule has 1 heterocycles. The first kappa shape index (κ1) is 12.8. The van der Waals surface area contributed by atoms with Gasteiger partial charge >= 0.3 is 0 Å². The van der Waals surface area contributed by atoms with Gasteiger partial charge in [-0.1, -0.05) is 17.7 Å². The third-order valence-electron chi connectivity index (χ3n) is 2.73. The van der Waals surface area contributed by atoms with Crippen molar-refractivity contribution in [2.24, 2.45) is 5.92 Å². The van der Waals surface area contributed by atoms with Crippen LogP contribution in [0.4, 0.5) is 4.39 Å². The van der Waals surface area contributed by atoms with E-state index >= 15 is 0 Å². The molecule has 1 saturated heterocycles. The molecule has 1 N–H and O–H groups in total. The lowest BCUT2D eigenvalue weighted by molar-refractivity contribution is 0.378. The van der Waals surface area contributed by atoms with Gasteiger partial charge in [0.1, 0.15) is 5.82 Å². The molecule has 1 aliphatic rings. The van der Waals surface area contributed by atoms with E-state index in [0.29, 0.717) is 5.56 Å². The Balaban J connectivity index is 2.05. The standard InChI is InChI=1S/C11H13ClFNO2S/c12-10-3-8(1-2-11(10)13)6-17(15,16)7-9-4-14-5-9/h1-3,9,14H,4-7H2. The molecule has 1 fully saturated rings. The number of hydrogen-bond acceptors (Lipinski definition) is 3. The Kier molecular flexibility index (Phi) is 3.70. The molecule has 0 amide bonds. The van der Waals surface area contributed by atoms with E-state index in [-0.39, 0.29) is 22.4 Å². The van der Waals surface area contributed by atoms with Crippen molar-refractivity contribution in [3.8, 4) is 0 Å². The first-order chi connectivity index (χ1) is 7.96. The van der Waals surface area contributed by atoms with E-state index in [9.17, 15) is 12.8 Å². The fourth-order valence-electron chi connectivity index (χ4n) is 1.77. The lowest BCUT2D eigenvalue weighted by Crippen LogP contribution is -2.45. The van der Waals surface area contributed by atoms with Gasteiger partial charge in [0.2, 0.25) is 0 Å². The Labute approximate surface area is 105 Å². The Morgan fingerprint density at radius 1 is 1.41 bits per heavy atom. The molecular formula is C11H13ClFNO2S. The van der Waals surface area contributed by atoms with E-state index in [4.69, 9.17) is 11.6 Å². The predicted molar refractivity (Wildman–Crippen MR) is 65.3 cm³/mol. The molecule has 0 radical (unpaired) electrons. The third-order valence-corrected chi connectivity index (χ3v) is 4.77. The van der Waals surface area contributed by atoms with Crippen LogP contribution in [0, 0.1) is 11.7 Å². The molecule has 0 bridgehead atoms. The van der Waals surface area contributed by atoms with E-state index in [1.807, 2.05) is 0 Å². The molecular weight excluding hydrogens is 265 g/mol. The molecule has 1 aliphatic heterocycles. The summed E-state index contributed by atoms with van der Waals surface area (Å²) in [5.74, 6) is -0.231. The molecule has 0 aromatic heterocycles. The molecule has 94 valence electrons. The largest absolute Gasteiger partial charge is 0.316 e. The van der Waals surface area contributed by atoms with Crippen molar-refractivity contribution in [3.63, 3.8) is 0 Å². The first-order valence-corrected chi connectivity index (χ1v) is 7.51. The highest BCUT2D eigenvalue weighted by atomic mass is 35.5. The zero-order valence-corrected chi connectivity index (χ0v) is 10.7. The molecule has 2 rings (SSSR count). The van der Waals surface area contributed by atoms with Gasteiger partial charge in [-0.05, 0) is 23.6 Å². The van der Waals surface area contributed by atoms with Crippen LogP contribution < -0.4 is 5.32 Å². The number of rotatable bonds is 4. The second-order valence-corrected chi connectivity index (χ2v) is 6.84.